The van der Waals surface area contributed by atoms with Crippen LogP contribution in [-0.4, -0.2) is 24.5 Å². The molecule has 0 bridgehead atoms. The monoisotopic (exact) mass is 313 g/mol. The van der Waals surface area contributed by atoms with Crippen LogP contribution in [-0.2, 0) is 9.47 Å². The van der Waals surface area contributed by atoms with E-state index in [1.807, 2.05) is 13.8 Å². The van der Waals surface area contributed by atoms with E-state index in [0.717, 1.165) is 6.42 Å². The molecule has 3 heteroatoms. The minimum absolute atomic E-state index is 0.0381. The average Bonchev–Trinajstić information content (AvgIpc) is 2.48. The van der Waals surface area contributed by atoms with Crippen molar-refractivity contribution in [1.82, 2.24) is 0 Å². The topological polar surface area (TPSA) is 44.5 Å². The van der Waals surface area contributed by atoms with Crippen LogP contribution < -0.4 is 5.73 Å². The van der Waals surface area contributed by atoms with Gasteiger partial charge in [-0.25, -0.2) is 0 Å². The highest BCUT2D eigenvalue weighted by Crippen LogP contribution is 2.25. The molecule has 2 atom stereocenters. The molecule has 0 aliphatic carbocycles. The van der Waals surface area contributed by atoms with Crippen LogP contribution in [0.2, 0.25) is 0 Å². The van der Waals surface area contributed by atoms with Gasteiger partial charge in [0.25, 0.3) is 0 Å². The summed E-state index contributed by atoms with van der Waals surface area (Å²) in [6, 6.07) is 0.0381. The van der Waals surface area contributed by atoms with E-state index in [2.05, 4.69) is 6.92 Å². The van der Waals surface area contributed by atoms with Gasteiger partial charge in [-0.15, -0.1) is 0 Å². The Balaban J connectivity index is 1.90. The first-order chi connectivity index (χ1) is 10.5. The molecule has 1 aliphatic heterocycles. The summed E-state index contributed by atoms with van der Waals surface area (Å²) in [6.45, 7) is 6.85. The molecular weight excluding hydrogens is 274 g/mol. The Bertz CT molecular complexity index is 268. The van der Waals surface area contributed by atoms with Gasteiger partial charge in [-0.05, 0) is 20.3 Å². The molecule has 1 rings (SSSR count). The van der Waals surface area contributed by atoms with Crippen molar-refractivity contribution >= 4 is 0 Å². The molecule has 0 aromatic carbocycles. The van der Waals surface area contributed by atoms with Crippen molar-refractivity contribution in [3.8, 4) is 0 Å². The normalized spacial score (nSPS) is 24.5. The van der Waals surface area contributed by atoms with E-state index in [4.69, 9.17) is 15.2 Å². The van der Waals surface area contributed by atoms with Crippen LogP contribution in [0, 0.1) is 0 Å². The molecule has 132 valence electrons. The molecule has 1 saturated heterocycles. The fourth-order valence-corrected chi connectivity index (χ4v) is 3.17. The van der Waals surface area contributed by atoms with Gasteiger partial charge in [-0.1, -0.05) is 77.6 Å². The van der Waals surface area contributed by atoms with Crippen LogP contribution in [0.5, 0.6) is 0 Å². The first-order valence-corrected chi connectivity index (χ1v) is 9.62. The number of hydrogen-bond acceptors (Lipinski definition) is 3. The average molecular weight is 314 g/mol. The minimum atomic E-state index is -0.460. The second-order valence-corrected chi connectivity index (χ2v) is 7.36. The molecule has 2 N–H and O–H groups in total. The standard InChI is InChI=1S/C19H39NO2/c1-4-5-6-7-8-9-10-11-12-13-14-15-18-17(20)16-21-19(2,3)22-18/h17-18H,4-16,20H2,1-3H3/t17-,18+/m1/s1. The Morgan fingerprint density at radius 1 is 0.864 bits per heavy atom. The SMILES string of the molecule is CCCCCCCCCCCCC[C@@H]1OC(C)(C)OC[C@H]1N. The first-order valence-electron chi connectivity index (χ1n) is 9.62. The Hall–Kier alpha value is -0.120. The third-order valence-electron chi connectivity index (χ3n) is 4.63. The van der Waals surface area contributed by atoms with E-state index >= 15 is 0 Å². The van der Waals surface area contributed by atoms with Gasteiger partial charge in [0.2, 0.25) is 0 Å². The summed E-state index contributed by atoms with van der Waals surface area (Å²) in [5.41, 5.74) is 6.08. The van der Waals surface area contributed by atoms with Gasteiger partial charge in [-0.3, -0.25) is 0 Å². The molecule has 1 aliphatic rings. The number of ether oxygens (including phenoxy) is 2. The molecule has 0 radical (unpaired) electrons. The van der Waals surface area contributed by atoms with Gasteiger partial charge < -0.3 is 15.2 Å². The first kappa shape index (κ1) is 19.9. The van der Waals surface area contributed by atoms with Gasteiger partial charge in [0.1, 0.15) is 0 Å². The van der Waals surface area contributed by atoms with E-state index in [1.54, 1.807) is 0 Å². The molecule has 0 amide bonds. The maximum Gasteiger partial charge on any atom is 0.163 e. The van der Waals surface area contributed by atoms with Crippen molar-refractivity contribution in [2.75, 3.05) is 6.61 Å². The van der Waals surface area contributed by atoms with Crippen molar-refractivity contribution in [2.24, 2.45) is 5.73 Å². The molecule has 0 saturated carbocycles. The van der Waals surface area contributed by atoms with Crippen LogP contribution in [0.1, 0.15) is 97.8 Å². The molecule has 3 nitrogen and oxygen atoms in total. The lowest BCUT2D eigenvalue weighted by Gasteiger charge is -2.39. The zero-order valence-corrected chi connectivity index (χ0v) is 15.2. The smallest absolute Gasteiger partial charge is 0.163 e. The molecule has 1 fully saturated rings. The lowest BCUT2D eigenvalue weighted by atomic mass is 10.0. The van der Waals surface area contributed by atoms with Crippen LogP contribution in [0.3, 0.4) is 0 Å². The quantitative estimate of drug-likeness (QED) is 0.506. The van der Waals surface area contributed by atoms with Crippen molar-refractivity contribution in [3.05, 3.63) is 0 Å². The van der Waals surface area contributed by atoms with Crippen molar-refractivity contribution in [3.63, 3.8) is 0 Å². The minimum Gasteiger partial charge on any atom is -0.349 e. The summed E-state index contributed by atoms with van der Waals surface area (Å²) in [5.74, 6) is -0.460. The van der Waals surface area contributed by atoms with Gasteiger partial charge >= 0.3 is 0 Å². The highest BCUT2D eigenvalue weighted by atomic mass is 16.7. The van der Waals surface area contributed by atoms with Crippen molar-refractivity contribution in [1.29, 1.82) is 0 Å². The van der Waals surface area contributed by atoms with Crippen molar-refractivity contribution < 1.29 is 9.47 Å². The summed E-state index contributed by atoms with van der Waals surface area (Å²) in [6.07, 6.45) is 16.4. The van der Waals surface area contributed by atoms with Gasteiger partial charge in [0.15, 0.2) is 5.79 Å². The van der Waals surface area contributed by atoms with E-state index in [0.29, 0.717) is 6.61 Å². The largest absolute Gasteiger partial charge is 0.349 e. The molecule has 22 heavy (non-hydrogen) atoms. The summed E-state index contributed by atoms with van der Waals surface area (Å²) < 4.78 is 11.5. The van der Waals surface area contributed by atoms with Crippen LogP contribution in [0.15, 0.2) is 0 Å². The summed E-state index contributed by atoms with van der Waals surface area (Å²) >= 11 is 0. The maximum atomic E-state index is 6.08. The van der Waals surface area contributed by atoms with E-state index in [-0.39, 0.29) is 12.1 Å². The molecular formula is C19H39NO2. The van der Waals surface area contributed by atoms with E-state index < -0.39 is 5.79 Å². The Morgan fingerprint density at radius 3 is 1.91 bits per heavy atom. The Labute approximate surface area is 138 Å². The van der Waals surface area contributed by atoms with Crippen LogP contribution >= 0.6 is 0 Å². The lowest BCUT2D eigenvalue weighted by Crippen LogP contribution is -2.52. The highest BCUT2D eigenvalue weighted by molar-refractivity contribution is 4.80. The molecule has 0 aromatic rings. The Kier molecular flexibility index (Phi) is 10.3. The zero-order valence-electron chi connectivity index (χ0n) is 15.2. The number of rotatable bonds is 12. The van der Waals surface area contributed by atoms with Crippen LogP contribution in [0.25, 0.3) is 0 Å². The van der Waals surface area contributed by atoms with E-state index in [1.165, 1.54) is 70.6 Å². The number of nitrogens with two attached hydrogens (primary N) is 1. The summed E-state index contributed by atoms with van der Waals surface area (Å²) in [5, 5.41) is 0. The second-order valence-electron chi connectivity index (χ2n) is 7.36. The van der Waals surface area contributed by atoms with Gasteiger partial charge in [0, 0.05) is 0 Å². The second kappa shape index (κ2) is 11.4. The van der Waals surface area contributed by atoms with E-state index in [9.17, 15) is 0 Å². The summed E-state index contributed by atoms with van der Waals surface area (Å²) in [7, 11) is 0. The molecule has 0 aromatic heterocycles. The highest BCUT2D eigenvalue weighted by Gasteiger charge is 2.33. The maximum absolute atomic E-state index is 6.08. The lowest BCUT2D eigenvalue weighted by molar-refractivity contribution is -0.280. The fraction of sp³-hybridized carbons (Fsp3) is 1.00. The third kappa shape index (κ3) is 9.12. The van der Waals surface area contributed by atoms with Crippen molar-refractivity contribution in [2.45, 2.75) is 116 Å². The Morgan fingerprint density at radius 2 is 1.36 bits per heavy atom. The molecule has 0 unspecified atom stereocenters. The zero-order chi connectivity index (χ0) is 16.3. The number of hydrogen-bond donors (Lipinski definition) is 1. The summed E-state index contributed by atoms with van der Waals surface area (Å²) in [4.78, 5) is 0. The van der Waals surface area contributed by atoms with Gasteiger partial charge in [0.05, 0.1) is 18.8 Å². The predicted molar refractivity (Wildman–Crippen MR) is 94.0 cm³/mol. The predicted octanol–water partition coefficient (Wildman–Crippen LogP) is 5.17. The van der Waals surface area contributed by atoms with Crippen LogP contribution in [0.4, 0.5) is 0 Å². The van der Waals surface area contributed by atoms with Gasteiger partial charge in [-0.2, -0.15) is 0 Å². The fourth-order valence-electron chi connectivity index (χ4n) is 3.17. The molecule has 0 spiro atoms. The number of unbranched alkanes of at least 4 members (excludes halogenated alkanes) is 10. The third-order valence-corrected chi connectivity index (χ3v) is 4.63. The molecule has 1 heterocycles.